The molecule has 6 aliphatic heterocycles. The first kappa shape index (κ1) is 52.7. The van der Waals surface area contributed by atoms with Gasteiger partial charge in [0.1, 0.15) is 35.4 Å². The molecule has 8 rings (SSSR count). The van der Waals surface area contributed by atoms with Crippen molar-refractivity contribution in [1.82, 2.24) is 25.3 Å². The number of nitrogens with one attached hydrogen (secondary N) is 2. The number of ketones is 2. The first-order valence-corrected chi connectivity index (χ1v) is 25.0. The van der Waals surface area contributed by atoms with Crippen molar-refractivity contribution >= 4 is 29.2 Å². The predicted molar refractivity (Wildman–Crippen MR) is 264 cm³/mol. The number of carbonyl (C=O) groups is 4. The minimum absolute atomic E-state index is 0.0513. The Morgan fingerprint density at radius 2 is 1.59 bits per heavy atom. The number of aliphatic hydroxyl groups excluding tert-OH is 2. The number of fused-ring (bicyclic) bond motifs is 13. The number of methoxy groups -OCH3 is 1. The molecule has 17 nitrogen and oxygen atoms in total. The Morgan fingerprint density at radius 1 is 0.914 bits per heavy atom. The van der Waals surface area contributed by atoms with Crippen LogP contribution in [0.1, 0.15) is 113 Å². The lowest BCUT2D eigenvalue weighted by atomic mass is 9.78. The Balaban J connectivity index is 1.28. The number of likely N-dealkylation sites (tertiary alicyclic amines) is 1. The molecule has 70 heavy (non-hydrogen) atoms. The van der Waals surface area contributed by atoms with Gasteiger partial charge in [-0.1, -0.05) is 65.3 Å². The molecule has 5 N–H and O–H groups in total. The minimum Gasteiger partial charge on any atom is -0.507 e. The lowest BCUT2D eigenvalue weighted by Gasteiger charge is -2.38. The molecule has 2 fully saturated rings. The van der Waals surface area contributed by atoms with Crippen molar-refractivity contribution in [3.05, 3.63) is 69.8 Å². The first-order chi connectivity index (χ1) is 33.0. The maximum absolute atomic E-state index is 15.0. The van der Waals surface area contributed by atoms with Crippen molar-refractivity contribution in [3.8, 4) is 11.5 Å². The number of allylic oxidation sites excluding steroid dienone is 4. The van der Waals surface area contributed by atoms with Gasteiger partial charge in [-0.15, -0.1) is 0 Å². The molecule has 2 saturated heterocycles. The number of phenols is 1. The van der Waals surface area contributed by atoms with Crippen molar-refractivity contribution in [1.29, 1.82) is 0 Å². The third-order valence-corrected chi connectivity index (χ3v) is 15.5. The summed E-state index contributed by atoms with van der Waals surface area (Å²) in [4.78, 5) is 68.4. The smallest absolute Gasteiger partial charge is 0.315 e. The van der Waals surface area contributed by atoms with Gasteiger partial charge in [-0.2, -0.15) is 0 Å². The van der Waals surface area contributed by atoms with Crippen LogP contribution in [-0.4, -0.2) is 161 Å². The summed E-state index contributed by atoms with van der Waals surface area (Å²) in [6.07, 6.45) is 5.13. The van der Waals surface area contributed by atoms with Crippen LogP contribution in [0.5, 0.6) is 11.5 Å². The van der Waals surface area contributed by atoms with Crippen LogP contribution in [0.25, 0.3) is 0 Å². The number of phenolic OH excluding ortho intramolecular Hbond substituents is 1. The van der Waals surface area contributed by atoms with E-state index in [4.69, 9.17) is 23.9 Å². The van der Waals surface area contributed by atoms with Crippen LogP contribution >= 0.6 is 0 Å². The van der Waals surface area contributed by atoms with Crippen molar-refractivity contribution in [3.63, 3.8) is 0 Å². The number of aliphatic hydroxyl groups is 2. The van der Waals surface area contributed by atoms with E-state index in [1.54, 1.807) is 38.7 Å². The molecule has 10 atom stereocenters. The van der Waals surface area contributed by atoms with Gasteiger partial charge < -0.3 is 59.6 Å². The number of piperazine rings is 1. The summed E-state index contributed by atoms with van der Waals surface area (Å²) in [5, 5.41) is 42.7. The fraction of sp³-hybridized carbons (Fsp3) is 0.642. The largest absolute Gasteiger partial charge is 0.507 e. The molecule has 384 valence electrons. The number of benzene rings is 1. The van der Waals surface area contributed by atoms with Crippen molar-refractivity contribution in [2.24, 2.45) is 34.6 Å². The quantitative estimate of drug-likeness (QED) is 0.195. The fourth-order valence-corrected chi connectivity index (χ4v) is 10.8. The summed E-state index contributed by atoms with van der Waals surface area (Å²) >= 11 is 0. The molecule has 1 unspecified atom stereocenters. The van der Waals surface area contributed by atoms with Gasteiger partial charge in [0.05, 0.1) is 47.1 Å². The number of carbonyl (C=O) groups excluding carboxylic acids is 4. The van der Waals surface area contributed by atoms with E-state index in [2.05, 4.69) is 34.3 Å². The number of rotatable bonds is 6. The van der Waals surface area contributed by atoms with Gasteiger partial charge >= 0.3 is 11.8 Å². The van der Waals surface area contributed by atoms with Crippen LogP contribution in [0.4, 0.5) is 0 Å². The summed E-state index contributed by atoms with van der Waals surface area (Å²) in [6, 6.07) is -0.405. The van der Waals surface area contributed by atoms with Gasteiger partial charge in [0, 0.05) is 114 Å². The lowest BCUT2D eigenvalue weighted by Crippen LogP contribution is -2.50. The van der Waals surface area contributed by atoms with Crippen molar-refractivity contribution in [2.75, 3.05) is 60.0 Å². The van der Waals surface area contributed by atoms with Crippen LogP contribution in [0.15, 0.2) is 52.5 Å². The van der Waals surface area contributed by atoms with Crippen LogP contribution in [0.3, 0.4) is 0 Å². The number of aromatic hydroxyl groups is 1. The van der Waals surface area contributed by atoms with E-state index in [0.717, 1.165) is 25.2 Å². The second-order valence-electron chi connectivity index (χ2n) is 21.2. The summed E-state index contributed by atoms with van der Waals surface area (Å²) < 4.78 is 24.7. The third-order valence-electron chi connectivity index (χ3n) is 15.5. The maximum atomic E-state index is 15.0. The number of piperidine rings is 1. The molecule has 0 saturated carbocycles. The van der Waals surface area contributed by atoms with E-state index in [-0.39, 0.29) is 45.4 Å². The Bertz CT molecular complexity index is 2360. The SMILES string of the molecule is CO[C@H]1/C=C/O[C@@]2(C)Oc3c(C)c(O)c4c(c3C2=O)C2=NC3(CCN(CC(C)C)CC3)NC2=C(NC(C)/C(C)=C\C=C\[C@H](C)[C@H](O)[C@@H](C)[C@@H](O)[C@@H](C)[C@H](OC(=O)CC(=O)N2CCN(C)CC2)[C@@H]1C)C4=O. The molecule has 0 aromatic heterocycles. The van der Waals surface area contributed by atoms with Gasteiger partial charge in [-0.05, 0) is 39.8 Å². The molecule has 1 amide bonds. The standard InChI is InChI=1S/C53H76N6O11/c1-28(2)27-58-19-17-53(18-20-58)55-42-39-40-47(64)34(8)50-41(39)51(66)52(10,70-50)68-25-16-36(67-12)31(5)49(69-38(61)26-37(60)59-23-21-57(11)22-24-59)33(7)46(63)32(6)45(62)30(4)15-13-14-29(3)35(9)54-44(48(40)65)43(42)56-53/h13-16,25,28,30-33,35-36,45-46,49,54,56,62-64H,17-24,26-27H2,1-12H3/b15-13+,25-16+,29-14-/t30-,31+,32+,33+,35?,36-,45-,46+,49+,52-/m0/s1. The highest BCUT2D eigenvalue weighted by Crippen LogP contribution is 2.50. The monoisotopic (exact) mass is 973 g/mol. The summed E-state index contributed by atoms with van der Waals surface area (Å²) in [5.74, 6) is -6.51. The van der Waals surface area contributed by atoms with Gasteiger partial charge in [-0.3, -0.25) is 24.2 Å². The van der Waals surface area contributed by atoms with E-state index in [9.17, 15) is 34.5 Å². The molecule has 1 aromatic rings. The maximum Gasteiger partial charge on any atom is 0.315 e. The second-order valence-corrected chi connectivity index (χ2v) is 21.2. The number of Topliss-reactive ketones (excluding diaryl/α,β-unsaturated/α-hetero) is 2. The van der Waals surface area contributed by atoms with Gasteiger partial charge in [0.25, 0.3) is 5.78 Å². The Kier molecular flexibility index (Phi) is 15.8. The normalized spacial score (nSPS) is 33.6. The average molecular weight is 973 g/mol. The molecule has 1 spiro atoms. The minimum atomic E-state index is -1.97. The molecule has 0 radical (unpaired) electrons. The van der Waals surface area contributed by atoms with Gasteiger partial charge in [0.2, 0.25) is 11.7 Å². The van der Waals surface area contributed by atoms with Crippen LogP contribution in [0, 0.1) is 36.5 Å². The van der Waals surface area contributed by atoms with Crippen molar-refractivity contribution < 1.29 is 53.4 Å². The highest BCUT2D eigenvalue weighted by Gasteiger charge is 2.54. The number of esters is 1. The molecular weight excluding hydrogens is 897 g/mol. The van der Waals surface area contributed by atoms with E-state index in [0.29, 0.717) is 56.3 Å². The van der Waals surface area contributed by atoms with Crippen LogP contribution < -0.4 is 15.4 Å². The zero-order chi connectivity index (χ0) is 51.1. The molecule has 7 aliphatic rings. The van der Waals surface area contributed by atoms with E-state index >= 15 is 0 Å². The third kappa shape index (κ3) is 10.3. The van der Waals surface area contributed by atoms with Crippen LogP contribution in [-0.2, 0) is 23.8 Å². The number of nitrogens with zero attached hydrogens (tertiary/aromatic N) is 4. The molecular formula is C53H76N6O11. The summed E-state index contributed by atoms with van der Waals surface area (Å²) in [7, 11) is 3.44. The Labute approximate surface area is 413 Å². The first-order valence-electron chi connectivity index (χ1n) is 25.0. The van der Waals surface area contributed by atoms with Crippen LogP contribution in [0.2, 0.25) is 0 Å². The molecule has 17 heteroatoms. The number of likely N-dealkylation sites (N-methyl/N-ethyl adjacent to an activating group) is 1. The number of amides is 1. The number of hydrogen-bond donors (Lipinski definition) is 5. The average Bonchev–Trinajstić information content (AvgIpc) is 3.82. The molecule has 5 bridgehead atoms. The molecule has 1 aliphatic carbocycles. The number of ether oxygens (including phenoxy) is 4. The van der Waals surface area contributed by atoms with Gasteiger partial charge in [-0.25, -0.2) is 0 Å². The summed E-state index contributed by atoms with van der Waals surface area (Å²) in [6.45, 7) is 23.2. The highest BCUT2D eigenvalue weighted by atomic mass is 16.7. The highest BCUT2D eigenvalue weighted by molar-refractivity contribution is 6.34. The van der Waals surface area contributed by atoms with Gasteiger partial charge in [0.15, 0.2) is 0 Å². The zero-order valence-corrected chi connectivity index (χ0v) is 43.1. The molecule has 1 aromatic carbocycles. The Morgan fingerprint density at radius 3 is 2.23 bits per heavy atom. The van der Waals surface area contributed by atoms with E-state index < -0.39 is 89.5 Å². The topological polar surface area (TPSA) is 212 Å². The number of hydrogen-bond acceptors (Lipinski definition) is 16. The zero-order valence-electron chi connectivity index (χ0n) is 43.1. The van der Waals surface area contributed by atoms with E-state index in [1.165, 1.54) is 20.3 Å². The summed E-state index contributed by atoms with van der Waals surface area (Å²) in [5.41, 5.74) is 1.53. The second kappa shape index (κ2) is 21.0. The predicted octanol–water partition coefficient (Wildman–Crippen LogP) is 4.62. The fourth-order valence-electron chi connectivity index (χ4n) is 10.8. The van der Waals surface area contributed by atoms with Crippen molar-refractivity contribution in [2.45, 2.75) is 130 Å². The van der Waals surface area contributed by atoms with E-state index in [1.807, 2.05) is 46.0 Å². The Hall–Kier alpha value is -5.07. The number of aliphatic imine (C=N–C) groups is 1. The lowest BCUT2D eigenvalue weighted by molar-refractivity contribution is -0.165. The molecule has 6 heterocycles.